The van der Waals surface area contributed by atoms with Gasteiger partial charge < -0.3 is 25.0 Å². The van der Waals surface area contributed by atoms with Crippen LogP contribution in [-0.2, 0) is 11.8 Å². The molecule has 0 radical (unpaired) electrons. The molecule has 0 saturated carbocycles. The zero-order valence-corrected chi connectivity index (χ0v) is 17.0. The van der Waals surface area contributed by atoms with E-state index < -0.39 is 35.3 Å². The van der Waals surface area contributed by atoms with Crippen molar-refractivity contribution < 1.29 is 33.0 Å². The fraction of sp³-hybridized carbons (Fsp3) is 0.350. The Bertz CT molecular complexity index is 983. The standard InChI is InChI=1S/C20H23F2N3O5/c1-5-11(9-26)23-20(29)17(27)16-18(30-4)15(10(2)25(16)3)19(28)24-12-6-7-13(21)14(22)8-12/h6-8,11,26H,5,9H2,1-4H3,(H,23,29)(H,24,28)/t11-/m0/s1. The Morgan fingerprint density at radius 2 is 1.90 bits per heavy atom. The zero-order chi connectivity index (χ0) is 22.6. The van der Waals surface area contributed by atoms with Crippen LogP contribution < -0.4 is 15.4 Å². The van der Waals surface area contributed by atoms with Gasteiger partial charge in [0.05, 0.1) is 19.8 Å². The predicted octanol–water partition coefficient (Wildman–Crippen LogP) is 1.94. The SMILES string of the molecule is CC[C@@H](CO)NC(=O)C(=O)c1c(OC)c(C(=O)Nc2ccc(F)c(F)c2)c(C)n1C. The fourth-order valence-electron chi connectivity index (χ4n) is 2.89. The summed E-state index contributed by atoms with van der Waals surface area (Å²) in [5, 5.41) is 14.1. The van der Waals surface area contributed by atoms with E-state index in [2.05, 4.69) is 10.6 Å². The van der Waals surface area contributed by atoms with Crippen LogP contribution >= 0.6 is 0 Å². The molecular weight excluding hydrogens is 400 g/mol. The molecule has 1 aromatic heterocycles. The van der Waals surface area contributed by atoms with Gasteiger partial charge in [0.2, 0.25) is 0 Å². The molecule has 0 fully saturated rings. The summed E-state index contributed by atoms with van der Waals surface area (Å²) >= 11 is 0. The first kappa shape index (κ1) is 23.0. The summed E-state index contributed by atoms with van der Waals surface area (Å²) in [6.07, 6.45) is 0.417. The van der Waals surface area contributed by atoms with E-state index in [1.807, 2.05) is 0 Å². The number of carbonyl (C=O) groups is 3. The summed E-state index contributed by atoms with van der Waals surface area (Å²) in [7, 11) is 2.72. The van der Waals surface area contributed by atoms with Crippen molar-refractivity contribution in [2.45, 2.75) is 26.3 Å². The summed E-state index contributed by atoms with van der Waals surface area (Å²) in [6.45, 7) is 2.94. The second-order valence-electron chi connectivity index (χ2n) is 6.57. The van der Waals surface area contributed by atoms with Gasteiger partial charge in [0, 0.05) is 24.5 Å². The van der Waals surface area contributed by atoms with Gasteiger partial charge in [-0.1, -0.05) is 6.92 Å². The van der Waals surface area contributed by atoms with Gasteiger partial charge in [-0.05, 0) is 25.5 Å². The van der Waals surface area contributed by atoms with Crippen molar-refractivity contribution in [1.29, 1.82) is 0 Å². The lowest BCUT2D eigenvalue weighted by Crippen LogP contribution is -2.41. The molecule has 1 aromatic carbocycles. The first-order valence-corrected chi connectivity index (χ1v) is 9.11. The minimum Gasteiger partial charge on any atom is -0.493 e. The van der Waals surface area contributed by atoms with Crippen LogP contribution in [-0.4, -0.2) is 47.0 Å². The summed E-state index contributed by atoms with van der Waals surface area (Å²) in [4.78, 5) is 37.8. The quantitative estimate of drug-likeness (QED) is 0.444. The maximum absolute atomic E-state index is 13.4. The zero-order valence-electron chi connectivity index (χ0n) is 17.0. The highest BCUT2D eigenvalue weighted by Crippen LogP contribution is 2.31. The number of ketones is 1. The Balaban J connectivity index is 2.40. The van der Waals surface area contributed by atoms with Crippen LogP contribution in [0.4, 0.5) is 14.5 Å². The van der Waals surface area contributed by atoms with E-state index in [0.717, 1.165) is 12.1 Å². The third-order valence-corrected chi connectivity index (χ3v) is 4.72. The van der Waals surface area contributed by atoms with Crippen molar-refractivity contribution >= 4 is 23.3 Å². The van der Waals surface area contributed by atoms with Crippen LogP contribution in [0.2, 0.25) is 0 Å². The number of nitrogens with one attached hydrogen (secondary N) is 2. The number of hydrogen-bond acceptors (Lipinski definition) is 5. The lowest BCUT2D eigenvalue weighted by molar-refractivity contribution is -0.118. The largest absolute Gasteiger partial charge is 0.493 e. The molecule has 0 aliphatic heterocycles. The van der Waals surface area contributed by atoms with Crippen LogP contribution in [0.1, 0.15) is 39.9 Å². The summed E-state index contributed by atoms with van der Waals surface area (Å²) in [6, 6.07) is 2.27. The molecule has 3 N–H and O–H groups in total. The van der Waals surface area contributed by atoms with E-state index in [1.54, 1.807) is 13.8 Å². The molecule has 162 valence electrons. The Morgan fingerprint density at radius 3 is 2.43 bits per heavy atom. The van der Waals surface area contributed by atoms with E-state index in [1.165, 1.54) is 24.8 Å². The molecule has 8 nitrogen and oxygen atoms in total. The molecular formula is C20H23F2N3O5. The number of aromatic nitrogens is 1. The molecule has 10 heteroatoms. The van der Waals surface area contributed by atoms with Gasteiger partial charge in [0.1, 0.15) is 11.3 Å². The number of hydrogen-bond donors (Lipinski definition) is 3. The number of methoxy groups -OCH3 is 1. The maximum atomic E-state index is 13.4. The summed E-state index contributed by atoms with van der Waals surface area (Å²) < 4.78 is 33.1. The molecule has 1 atom stereocenters. The van der Waals surface area contributed by atoms with E-state index >= 15 is 0 Å². The van der Waals surface area contributed by atoms with Gasteiger partial charge >= 0.3 is 0 Å². The van der Waals surface area contributed by atoms with Crippen molar-refractivity contribution in [3.8, 4) is 5.75 Å². The molecule has 0 aliphatic rings. The van der Waals surface area contributed by atoms with Gasteiger partial charge in [-0.15, -0.1) is 0 Å². The second-order valence-corrected chi connectivity index (χ2v) is 6.57. The van der Waals surface area contributed by atoms with Gasteiger partial charge in [-0.2, -0.15) is 0 Å². The number of amides is 2. The third-order valence-electron chi connectivity index (χ3n) is 4.72. The number of carbonyl (C=O) groups excluding carboxylic acids is 3. The summed E-state index contributed by atoms with van der Waals surface area (Å²) in [5.74, 6) is -4.96. The molecule has 2 rings (SSSR count). The van der Waals surface area contributed by atoms with Crippen molar-refractivity contribution in [3.05, 3.63) is 46.8 Å². The Hall–Kier alpha value is -3.27. The van der Waals surface area contributed by atoms with Crippen LogP contribution in [0.25, 0.3) is 0 Å². The molecule has 0 aliphatic carbocycles. The Labute approximate surface area is 171 Å². The van der Waals surface area contributed by atoms with E-state index in [9.17, 15) is 28.3 Å². The molecule has 0 unspecified atom stereocenters. The van der Waals surface area contributed by atoms with Crippen LogP contribution in [0.5, 0.6) is 5.75 Å². The molecule has 0 bridgehead atoms. The normalized spacial score (nSPS) is 11.7. The number of halogens is 2. The monoisotopic (exact) mass is 423 g/mol. The minimum atomic E-state index is -1.13. The highest BCUT2D eigenvalue weighted by Gasteiger charge is 2.32. The highest BCUT2D eigenvalue weighted by atomic mass is 19.2. The molecule has 1 heterocycles. The molecule has 2 aromatic rings. The topological polar surface area (TPSA) is 110 Å². The summed E-state index contributed by atoms with van der Waals surface area (Å²) in [5.41, 5.74) is 0.131. The predicted molar refractivity (Wildman–Crippen MR) is 105 cm³/mol. The van der Waals surface area contributed by atoms with Crippen molar-refractivity contribution in [3.63, 3.8) is 0 Å². The Kier molecular flexibility index (Phi) is 7.28. The number of Topliss-reactive ketones (excluding diaryl/α,β-unsaturated/α-hetero) is 1. The molecule has 0 spiro atoms. The smallest absolute Gasteiger partial charge is 0.294 e. The molecule has 0 saturated heterocycles. The third kappa shape index (κ3) is 4.48. The number of ether oxygens (including phenoxy) is 1. The number of nitrogens with zero attached hydrogens (tertiary/aromatic N) is 1. The maximum Gasteiger partial charge on any atom is 0.294 e. The lowest BCUT2D eigenvalue weighted by Gasteiger charge is -2.14. The number of aliphatic hydroxyl groups is 1. The van der Waals surface area contributed by atoms with Crippen molar-refractivity contribution in [2.24, 2.45) is 7.05 Å². The van der Waals surface area contributed by atoms with Crippen LogP contribution in [0, 0.1) is 18.6 Å². The fourth-order valence-corrected chi connectivity index (χ4v) is 2.89. The number of anilines is 1. The van der Waals surface area contributed by atoms with Gasteiger partial charge in [0.25, 0.3) is 17.6 Å². The molecule has 30 heavy (non-hydrogen) atoms. The van der Waals surface area contributed by atoms with Gasteiger partial charge in [-0.3, -0.25) is 14.4 Å². The van der Waals surface area contributed by atoms with Gasteiger partial charge in [-0.25, -0.2) is 8.78 Å². The van der Waals surface area contributed by atoms with Crippen molar-refractivity contribution in [2.75, 3.05) is 19.0 Å². The number of rotatable bonds is 8. The van der Waals surface area contributed by atoms with E-state index in [4.69, 9.17) is 4.74 Å². The average Bonchev–Trinajstić information content (AvgIpc) is 2.98. The second kappa shape index (κ2) is 9.49. The number of benzene rings is 1. The van der Waals surface area contributed by atoms with Crippen LogP contribution in [0.3, 0.4) is 0 Å². The minimum absolute atomic E-state index is 0.00330. The van der Waals surface area contributed by atoms with E-state index in [-0.39, 0.29) is 29.3 Å². The van der Waals surface area contributed by atoms with E-state index in [0.29, 0.717) is 12.1 Å². The highest BCUT2D eigenvalue weighted by molar-refractivity contribution is 6.43. The average molecular weight is 423 g/mol. The number of aliphatic hydroxyl groups excluding tert-OH is 1. The van der Waals surface area contributed by atoms with Gasteiger partial charge in [0.15, 0.2) is 17.4 Å². The Morgan fingerprint density at radius 1 is 1.23 bits per heavy atom. The molecule has 2 amide bonds. The first-order valence-electron chi connectivity index (χ1n) is 9.11. The van der Waals surface area contributed by atoms with Crippen LogP contribution in [0.15, 0.2) is 18.2 Å². The van der Waals surface area contributed by atoms with Crippen molar-refractivity contribution in [1.82, 2.24) is 9.88 Å². The first-order chi connectivity index (χ1) is 14.2. The lowest BCUT2D eigenvalue weighted by atomic mass is 10.1.